The van der Waals surface area contributed by atoms with Gasteiger partial charge >= 0.3 is 29.8 Å². The van der Waals surface area contributed by atoms with Crippen molar-refractivity contribution in [3.05, 3.63) is 194 Å². The fraction of sp³-hybridized carbons (Fsp3) is 0.0962. The number of cyclic esters (lactones) is 2. The van der Waals surface area contributed by atoms with Gasteiger partial charge in [-0.15, -0.1) is 0 Å². The Hall–Kier alpha value is -7.11. The van der Waals surface area contributed by atoms with Crippen molar-refractivity contribution in [2.45, 2.75) is 20.8 Å². The number of aliphatic carboxylic acids is 2. The standard InChI is InChI=1S/2C11H8BrNO2.C10H9BrO3.C9H7BrO3.C7H5BrO.C4H7NO3/c2*1-7-13-10(11(14)15-7)6-8-2-4-9(12)5-3-8;1-14-10(13)9(12)6-7-2-4-8(11)5-3-7;10-7-3-1-6(2-4-7)5-8(11)9(12)13;8-7-3-1-6(5-9)2-4-7;1-3(6)5-2-4(7)8/h2*2-6H,1H3;2-6,12H,1H3;1-5,11H,(H,12,13);1-5H;2H2,1H3,(H,5,6)(H,7,8)/b2*10-6-;9-6-;8-5-;;. The number of halogens is 5. The molecule has 5 aromatic carbocycles. The van der Waals surface area contributed by atoms with Gasteiger partial charge in [0.15, 0.2) is 23.2 Å². The second kappa shape index (κ2) is 33.6. The lowest BCUT2D eigenvalue weighted by Crippen LogP contribution is -2.26. The summed E-state index contributed by atoms with van der Waals surface area (Å²) in [7, 11) is 1.22. The van der Waals surface area contributed by atoms with Crippen LogP contribution in [0.2, 0.25) is 0 Å². The van der Waals surface area contributed by atoms with Crippen LogP contribution >= 0.6 is 79.6 Å². The summed E-state index contributed by atoms with van der Waals surface area (Å²) in [5, 5.41) is 36.5. The van der Waals surface area contributed by atoms with Crippen LogP contribution in [0.3, 0.4) is 0 Å². The number of amides is 1. The molecule has 1 amide bonds. The molecule has 7 rings (SSSR count). The number of carbonyl (C=O) groups excluding carboxylic acids is 5. The highest BCUT2D eigenvalue weighted by molar-refractivity contribution is 9.11. The molecule has 0 atom stereocenters. The molecule has 0 saturated heterocycles. The van der Waals surface area contributed by atoms with Gasteiger partial charge in [-0.2, -0.15) is 0 Å². The van der Waals surface area contributed by atoms with Crippen molar-refractivity contribution in [1.29, 1.82) is 0 Å². The maximum Gasteiger partial charge on any atom is 0.373 e. The topological polar surface area (TPSA) is 265 Å². The molecule has 0 bridgehead atoms. The van der Waals surface area contributed by atoms with Crippen LogP contribution in [0.4, 0.5) is 0 Å². The number of carboxylic acid groups (broad SMARTS) is 2. The minimum Gasteiger partial charge on any atom is -0.502 e. The first-order chi connectivity index (χ1) is 35.0. The number of carbonyl (C=O) groups is 7. The highest BCUT2D eigenvalue weighted by Gasteiger charge is 2.20. The van der Waals surface area contributed by atoms with E-state index in [9.17, 15) is 38.7 Å². The quantitative estimate of drug-likeness (QED) is 0.0302. The largest absolute Gasteiger partial charge is 0.502 e. The molecule has 0 saturated carbocycles. The Morgan fingerprint density at radius 3 is 1.09 bits per heavy atom. The van der Waals surface area contributed by atoms with E-state index in [-0.39, 0.29) is 12.5 Å². The van der Waals surface area contributed by atoms with Crippen molar-refractivity contribution in [3.63, 3.8) is 0 Å². The first-order valence-electron chi connectivity index (χ1n) is 20.8. The number of aliphatic imine (C=N–C) groups is 2. The van der Waals surface area contributed by atoms with Gasteiger partial charge in [-0.25, -0.2) is 29.2 Å². The van der Waals surface area contributed by atoms with E-state index in [2.05, 4.69) is 99.7 Å². The smallest absolute Gasteiger partial charge is 0.373 e. The number of aliphatic hydroxyl groups excluding tert-OH is 2. The molecule has 0 spiro atoms. The number of ether oxygens (including phenoxy) is 3. The molecule has 386 valence electrons. The van der Waals surface area contributed by atoms with Crippen molar-refractivity contribution >= 4 is 158 Å². The van der Waals surface area contributed by atoms with Crippen LogP contribution in [0.15, 0.2) is 177 Å². The van der Waals surface area contributed by atoms with Gasteiger partial charge in [-0.05, 0) is 107 Å². The van der Waals surface area contributed by atoms with Crippen LogP contribution in [0.5, 0.6) is 0 Å². The summed E-state index contributed by atoms with van der Waals surface area (Å²) in [5.74, 6) is -4.50. The number of nitrogens with zero attached hydrogens (tertiary/aromatic N) is 2. The molecule has 0 aliphatic carbocycles. The second-order valence-electron chi connectivity index (χ2n) is 14.1. The van der Waals surface area contributed by atoms with Crippen LogP contribution in [0.1, 0.15) is 53.4 Å². The van der Waals surface area contributed by atoms with E-state index in [1.807, 2.05) is 72.8 Å². The zero-order valence-electron chi connectivity index (χ0n) is 39.3. The zero-order valence-corrected chi connectivity index (χ0v) is 47.2. The maximum atomic E-state index is 11.2. The van der Waals surface area contributed by atoms with E-state index in [4.69, 9.17) is 24.8 Å². The van der Waals surface area contributed by atoms with Gasteiger partial charge in [0.1, 0.15) is 12.8 Å². The van der Waals surface area contributed by atoms with Crippen LogP contribution in [-0.2, 0) is 43.0 Å². The summed E-state index contributed by atoms with van der Waals surface area (Å²) in [6.07, 6.45) is 6.76. The third kappa shape index (κ3) is 26.5. The number of esters is 3. The molecule has 2 aliphatic rings. The third-order valence-corrected chi connectivity index (χ3v) is 10.9. The van der Waals surface area contributed by atoms with Gasteiger partial charge in [-0.3, -0.25) is 14.4 Å². The highest BCUT2D eigenvalue weighted by Crippen LogP contribution is 2.19. The second-order valence-corrected chi connectivity index (χ2v) is 18.7. The van der Waals surface area contributed by atoms with E-state index in [1.54, 1.807) is 74.5 Å². The number of rotatable bonds is 9. The van der Waals surface area contributed by atoms with Crippen molar-refractivity contribution < 1.29 is 68.2 Å². The first kappa shape index (κ1) is 63.0. The van der Waals surface area contributed by atoms with Gasteiger partial charge < -0.3 is 40.0 Å². The average Bonchev–Trinajstić information content (AvgIpc) is 3.87. The number of nitrogens with one attached hydrogen (secondary N) is 1. The van der Waals surface area contributed by atoms with Gasteiger partial charge in [-0.1, -0.05) is 140 Å². The number of benzene rings is 5. The van der Waals surface area contributed by atoms with Crippen LogP contribution in [0.25, 0.3) is 24.3 Å². The van der Waals surface area contributed by atoms with Crippen LogP contribution in [-0.4, -0.2) is 87.9 Å². The normalized spacial score (nSPS) is 13.3. The number of aldehydes is 1. The zero-order chi connectivity index (χ0) is 55.3. The SMILES string of the molecule is CC(=O)NCC(=O)O.CC1=N/C(=C\c2ccc(Br)cc2)C(=O)O1.CC1=N/C(=C\c2ccc(Br)cc2)C(=O)O1.COC(=O)/C(O)=C/c1ccc(Br)cc1.O=C(O)/C(O)=C/c1ccc(Br)cc1.O=Cc1ccc(Br)cc1. The fourth-order valence-electron chi connectivity index (χ4n) is 4.87. The molecular weight excluding hydrogens is 1290 g/mol. The Kier molecular flexibility index (Phi) is 28.6. The summed E-state index contributed by atoms with van der Waals surface area (Å²) in [5.41, 5.74) is 4.61. The minimum atomic E-state index is -1.33. The number of aliphatic hydroxyl groups is 2. The van der Waals surface area contributed by atoms with Gasteiger partial charge in [0, 0.05) is 48.7 Å². The minimum absolute atomic E-state index is 0.296. The molecule has 2 aliphatic heterocycles. The third-order valence-electron chi connectivity index (χ3n) is 8.26. The summed E-state index contributed by atoms with van der Waals surface area (Å²) in [6, 6.07) is 36.5. The van der Waals surface area contributed by atoms with E-state index in [1.165, 1.54) is 26.2 Å². The van der Waals surface area contributed by atoms with E-state index >= 15 is 0 Å². The molecule has 17 nitrogen and oxygen atoms in total. The van der Waals surface area contributed by atoms with E-state index in [0.717, 1.165) is 45.3 Å². The van der Waals surface area contributed by atoms with Crippen molar-refractivity contribution in [2.75, 3.05) is 13.7 Å². The van der Waals surface area contributed by atoms with Crippen LogP contribution < -0.4 is 5.32 Å². The lowest BCUT2D eigenvalue weighted by atomic mass is 10.2. The molecule has 2 heterocycles. The van der Waals surface area contributed by atoms with Crippen molar-refractivity contribution in [3.8, 4) is 0 Å². The van der Waals surface area contributed by atoms with Crippen molar-refractivity contribution in [1.82, 2.24) is 5.32 Å². The monoisotopic (exact) mass is 1330 g/mol. The molecule has 22 heteroatoms. The lowest BCUT2D eigenvalue weighted by molar-refractivity contribution is -0.139. The summed E-state index contributed by atoms with van der Waals surface area (Å²) in [4.78, 5) is 81.3. The number of methoxy groups -OCH3 is 1. The molecule has 0 unspecified atom stereocenters. The predicted molar refractivity (Wildman–Crippen MR) is 298 cm³/mol. The molecule has 0 fully saturated rings. The first-order valence-corrected chi connectivity index (χ1v) is 24.8. The Balaban J connectivity index is 0.000000308. The Morgan fingerprint density at radius 1 is 0.541 bits per heavy atom. The number of hydrogen-bond acceptors (Lipinski definition) is 14. The Labute approximate surface area is 466 Å². The molecular formula is C52H44Br5N3O14. The lowest BCUT2D eigenvalue weighted by Gasteiger charge is -1.97. The number of hydrogen-bond donors (Lipinski definition) is 5. The summed E-state index contributed by atoms with van der Waals surface area (Å²) in [6.45, 7) is 4.28. The summed E-state index contributed by atoms with van der Waals surface area (Å²) < 4.78 is 18.8. The van der Waals surface area contributed by atoms with Crippen molar-refractivity contribution in [2.24, 2.45) is 9.98 Å². The Bertz CT molecular complexity index is 2830. The predicted octanol–water partition coefficient (Wildman–Crippen LogP) is 12.0. The number of carboxylic acids is 2. The molecule has 5 aromatic rings. The molecule has 0 aromatic heterocycles. The van der Waals surface area contributed by atoms with Gasteiger partial charge in [0.2, 0.25) is 17.4 Å². The molecule has 0 radical (unpaired) electrons. The van der Waals surface area contributed by atoms with E-state index < -0.39 is 41.4 Å². The van der Waals surface area contributed by atoms with Gasteiger partial charge in [0.05, 0.1) is 7.11 Å². The Morgan fingerprint density at radius 2 is 0.851 bits per heavy atom. The average molecular weight is 1330 g/mol. The summed E-state index contributed by atoms with van der Waals surface area (Å²) >= 11 is 16.5. The molecule has 74 heavy (non-hydrogen) atoms. The van der Waals surface area contributed by atoms with Crippen LogP contribution in [0, 0.1) is 0 Å². The maximum absolute atomic E-state index is 11.2. The fourth-order valence-corrected chi connectivity index (χ4v) is 6.19. The van der Waals surface area contributed by atoms with E-state index in [0.29, 0.717) is 34.3 Å². The highest BCUT2D eigenvalue weighted by atomic mass is 79.9. The van der Waals surface area contributed by atoms with Gasteiger partial charge in [0.25, 0.3) is 0 Å². The molecule has 5 N–H and O–H groups in total.